The summed E-state index contributed by atoms with van der Waals surface area (Å²) < 4.78 is 0. The summed E-state index contributed by atoms with van der Waals surface area (Å²) in [6.07, 6.45) is 1.95. The highest BCUT2D eigenvalue weighted by molar-refractivity contribution is 5.85. The molecule has 4 heteroatoms. The van der Waals surface area contributed by atoms with E-state index in [1.807, 2.05) is 48.5 Å². The molecule has 2 aromatic rings. The Kier molecular flexibility index (Phi) is 4.94. The number of rotatable bonds is 6. The van der Waals surface area contributed by atoms with E-state index in [2.05, 4.69) is 6.07 Å². The fraction of sp³-hybridized carbons (Fsp3) is 0.300. The van der Waals surface area contributed by atoms with Gasteiger partial charge in [0.05, 0.1) is 5.92 Å². The molecule has 1 atom stereocenters. The van der Waals surface area contributed by atoms with Gasteiger partial charge in [-0.05, 0) is 29.5 Å². The van der Waals surface area contributed by atoms with Crippen LogP contribution < -0.4 is 5.73 Å². The van der Waals surface area contributed by atoms with Gasteiger partial charge in [-0.1, -0.05) is 54.6 Å². The maximum absolute atomic E-state index is 13.1. The highest BCUT2D eigenvalue weighted by Gasteiger charge is 2.31. The number of carbonyl (C=O) groups is 2. The Morgan fingerprint density at radius 3 is 2.50 bits per heavy atom. The van der Waals surface area contributed by atoms with Crippen LogP contribution in [0.2, 0.25) is 0 Å². The molecule has 3 rings (SSSR count). The molecule has 0 fully saturated rings. The third-order valence-electron chi connectivity index (χ3n) is 4.59. The summed E-state index contributed by atoms with van der Waals surface area (Å²) >= 11 is 0. The van der Waals surface area contributed by atoms with Crippen LogP contribution in [0.1, 0.15) is 35.4 Å². The molecule has 2 aromatic carbocycles. The topological polar surface area (TPSA) is 63.4 Å². The number of hydrogen-bond donors (Lipinski definition) is 1. The molecule has 1 aliphatic carbocycles. The average Bonchev–Trinajstić information content (AvgIpc) is 3.03. The third-order valence-corrected chi connectivity index (χ3v) is 4.59. The molecule has 0 saturated carbocycles. The first-order valence-electron chi connectivity index (χ1n) is 8.34. The Morgan fingerprint density at radius 2 is 1.75 bits per heavy atom. The minimum absolute atomic E-state index is 0.0880. The molecule has 0 spiro atoms. The Hall–Kier alpha value is -2.62. The zero-order chi connectivity index (χ0) is 16.9. The van der Waals surface area contributed by atoms with Gasteiger partial charge in [-0.15, -0.1) is 0 Å². The molecular formula is C20H22N2O2. The fourth-order valence-electron chi connectivity index (χ4n) is 3.35. The van der Waals surface area contributed by atoms with Gasteiger partial charge in [-0.3, -0.25) is 9.59 Å². The Morgan fingerprint density at radius 1 is 1.04 bits per heavy atom. The second kappa shape index (κ2) is 7.30. The largest absolute Gasteiger partial charge is 0.370 e. The van der Waals surface area contributed by atoms with Crippen molar-refractivity contribution in [1.29, 1.82) is 0 Å². The van der Waals surface area contributed by atoms with Crippen molar-refractivity contribution in [1.82, 2.24) is 4.90 Å². The van der Waals surface area contributed by atoms with Crippen LogP contribution in [0.3, 0.4) is 0 Å². The quantitative estimate of drug-likeness (QED) is 0.888. The number of fused-ring (bicyclic) bond motifs is 1. The number of benzene rings is 2. The van der Waals surface area contributed by atoms with Gasteiger partial charge in [-0.25, -0.2) is 0 Å². The molecule has 4 nitrogen and oxygen atoms in total. The molecule has 124 valence electrons. The van der Waals surface area contributed by atoms with Crippen molar-refractivity contribution in [3.63, 3.8) is 0 Å². The van der Waals surface area contributed by atoms with E-state index >= 15 is 0 Å². The minimum Gasteiger partial charge on any atom is -0.370 e. The Labute approximate surface area is 142 Å². The molecule has 0 aromatic heterocycles. The van der Waals surface area contributed by atoms with E-state index in [4.69, 9.17) is 5.73 Å². The number of amides is 2. The van der Waals surface area contributed by atoms with Crippen LogP contribution in [0.15, 0.2) is 54.6 Å². The second-order valence-electron chi connectivity index (χ2n) is 6.25. The number of hydrogen-bond acceptors (Lipinski definition) is 2. The molecule has 0 heterocycles. The second-order valence-corrected chi connectivity index (χ2v) is 6.25. The lowest BCUT2D eigenvalue weighted by atomic mass is 9.99. The number of nitrogens with zero attached hydrogens (tertiary/aromatic N) is 1. The summed E-state index contributed by atoms with van der Waals surface area (Å²) in [5, 5.41) is 0. The molecule has 2 amide bonds. The first-order chi connectivity index (χ1) is 11.6. The van der Waals surface area contributed by atoms with Crippen LogP contribution >= 0.6 is 0 Å². The van der Waals surface area contributed by atoms with Gasteiger partial charge in [0.1, 0.15) is 0 Å². The number of aryl methyl sites for hydroxylation is 1. The van der Waals surface area contributed by atoms with Crippen LogP contribution in [0.5, 0.6) is 0 Å². The maximum atomic E-state index is 13.1. The van der Waals surface area contributed by atoms with Crippen molar-refractivity contribution in [2.75, 3.05) is 6.54 Å². The maximum Gasteiger partial charge on any atom is 0.230 e. The molecule has 1 aliphatic rings. The molecule has 2 N–H and O–H groups in total. The number of carbonyl (C=O) groups excluding carboxylic acids is 2. The predicted octanol–water partition coefficient (Wildman–Crippen LogP) is 2.62. The lowest BCUT2D eigenvalue weighted by molar-refractivity contribution is -0.133. The van der Waals surface area contributed by atoms with Gasteiger partial charge in [-0.2, -0.15) is 0 Å². The smallest absolute Gasteiger partial charge is 0.230 e. The molecule has 0 radical (unpaired) electrons. The van der Waals surface area contributed by atoms with Gasteiger partial charge in [0.25, 0.3) is 0 Å². The summed E-state index contributed by atoms with van der Waals surface area (Å²) in [5.41, 5.74) is 8.72. The highest BCUT2D eigenvalue weighted by Crippen LogP contribution is 2.34. The SMILES string of the molecule is NC(=O)CCN(Cc1ccccc1)C(=O)[C@@H]1CCc2ccccc21. The van der Waals surface area contributed by atoms with Gasteiger partial charge >= 0.3 is 0 Å². The summed E-state index contributed by atoms with van der Waals surface area (Å²) in [7, 11) is 0. The summed E-state index contributed by atoms with van der Waals surface area (Å²) in [4.78, 5) is 26.1. The third kappa shape index (κ3) is 3.65. The van der Waals surface area contributed by atoms with E-state index in [-0.39, 0.29) is 24.2 Å². The molecule has 0 aliphatic heterocycles. The van der Waals surface area contributed by atoms with Crippen LogP contribution in [-0.2, 0) is 22.6 Å². The lowest BCUT2D eigenvalue weighted by Gasteiger charge is -2.26. The molecular weight excluding hydrogens is 300 g/mol. The van der Waals surface area contributed by atoms with E-state index in [0.29, 0.717) is 13.1 Å². The molecule has 0 saturated heterocycles. The van der Waals surface area contributed by atoms with Gasteiger partial charge in [0.2, 0.25) is 11.8 Å². The minimum atomic E-state index is -0.382. The van der Waals surface area contributed by atoms with E-state index in [9.17, 15) is 9.59 Å². The van der Waals surface area contributed by atoms with Crippen LogP contribution in [0.25, 0.3) is 0 Å². The van der Waals surface area contributed by atoms with Crippen LogP contribution in [0.4, 0.5) is 0 Å². The summed E-state index contributed by atoms with van der Waals surface area (Å²) in [6.45, 7) is 0.868. The van der Waals surface area contributed by atoms with E-state index < -0.39 is 0 Å². The summed E-state index contributed by atoms with van der Waals surface area (Å²) in [6, 6.07) is 18.0. The van der Waals surface area contributed by atoms with Crippen molar-refractivity contribution in [2.24, 2.45) is 5.73 Å². The van der Waals surface area contributed by atoms with Crippen molar-refractivity contribution >= 4 is 11.8 Å². The van der Waals surface area contributed by atoms with Crippen LogP contribution in [0, 0.1) is 0 Å². The van der Waals surface area contributed by atoms with Crippen molar-refractivity contribution < 1.29 is 9.59 Å². The van der Waals surface area contributed by atoms with Crippen molar-refractivity contribution in [3.05, 3.63) is 71.3 Å². The average molecular weight is 322 g/mol. The Bertz CT molecular complexity index is 727. The molecule has 24 heavy (non-hydrogen) atoms. The van der Waals surface area contributed by atoms with Crippen molar-refractivity contribution in [2.45, 2.75) is 31.7 Å². The first-order valence-corrected chi connectivity index (χ1v) is 8.34. The monoisotopic (exact) mass is 322 g/mol. The highest BCUT2D eigenvalue weighted by atomic mass is 16.2. The predicted molar refractivity (Wildman–Crippen MR) is 93.2 cm³/mol. The summed E-state index contributed by atoms with van der Waals surface area (Å²) in [5.74, 6) is -0.407. The fourth-order valence-corrected chi connectivity index (χ4v) is 3.35. The normalized spacial score (nSPS) is 15.8. The van der Waals surface area contributed by atoms with Gasteiger partial charge < -0.3 is 10.6 Å². The van der Waals surface area contributed by atoms with E-state index in [0.717, 1.165) is 24.0 Å². The van der Waals surface area contributed by atoms with Crippen LogP contribution in [-0.4, -0.2) is 23.3 Å². The zero-order valence-electron chi connectivity index (χ0n) is 13.7. The first kappa shape index (κ1) is 16.2. The van der Waals surface area contributed by atoms with E-state index in [1.54, 1.807) is 4.90 Å². The van der Waals surface area contributed by atoms with E-state index in [1.165, 1.54) is 5.56 Å². The molecule has 0 unspecified atom stereocenters. The van der Waals surface area contributed by atoms with Gasteiger partial charge in [0.15, 0.2) is 0 Å². The van der Waals surface area contributed by atoms with Crippen molar-refractivity contribution in [3.8, 4) is 0 Å². The molecule has 0 bridgehead atoms. The lowest BCUT2D eigenvalue weighted by Crippen LogP contribution is -2.36. The van der Waals surface area contributed by atoms with Gasteiger partial charge in [0, 0.05) is 19.5 Å². The number of primary amides is 1. The Balaban J connectivity index is 1.79. The standard InChI is InChI=1S/C20H22N2O2/c21-19(23)12-13-22(14-15-6-2-1-3-7-15)20(24)18-11-10-16-8-4-5-9-17(16)18/h1-9,18H,10-14H2,(H2,21,23)/t18-/m1/s1. The zero-order valence-corrected chi connectivity index (χ0v) is 13.7. The number of nitrogens with two attached hydrogens (primary N) is 1.